The van der Waals surface area contributed by atoms with Crippen LogP contribution < -0.4 is 5.32 Å². The van der Waals surface area contributed by atoms with Crippen LogP contribution >= 0.6 is 11.6 Å². The predicted octanol–water partition coefficient (Wildman–Crippen LogP) is 3.42. The summed E-state index contributed by atoms with van der Waals surface area (Å²) in [6, 6.07) is 1.73. The van der Waals surface area contributed by atoms with Crippen molar-refractivity contribution in [1.29, 1.82) is 0 Å². The quantitative estimate of drug-likeness (QED) is 0.830. The van der Waals surface area contributed by atoms with Crippen LogP contribution in [0, 0.1) is 5.92 Å². The van der Waals surface area contributed by atoms with Crippen LogP contribution in [0.5, 0.6) is 0 Å². The lowest BCUT2D eigenvalue weighted by Crippen LogP contribution is -2.20. The third kappa shape index (κ3) is 3.13. The monoisotopic (exact) mass is 268 g/mol. The minimum atomic E-state index is -1.03. The highest BCUT2D eigenvalue weighted by Crippen LogP contribution is 2.35. The van der Waals surface area contributed by atoms with Crippen molar-refractivity contribution < 1.29 is 9.90 Å². The number of aromatic nitrogens is 1. The number of hydrogen-bond donors (Lipinski definition) is 2. The summed E-state index contributed by atoms with van der Waals surface area (Å²) in [5.41, 5.74) is 0.0930. The summed E-state index contributed by atoms with van der Waals surface area (Å²) in [4.78, 5) is 15.1. The fourth-order valence-corrected chi connectivity index (χ4v) is 2.23. The minimum Gasteiger partial charge on any atom is -0.478 e. The number of carboxylic acids is 1. The molecule has 0 aliphatic heterocycles. The Kier molecular flexibility index (Phi) is 4.07. The van der Waals surface area contributed by atoms with Crippen LogP contribution in [0.1, 0.15) is 43.0 Å². The highest BCUT2D eigenvalue weighted by molar-refractivity contribution is 6.35. The van der Waals surface area contributed by atoms with Crippen molar-refractivity contribution in [1.82, 2.24) is 4.98 Å². The van der Waals surface area contributed by atoms with Crippen LogP contribution in [0.4, 0.5) is 5.82 Å². The van der Waals surface area contributed by atoms with E-state index in [9.17, 15) is 4.79 Å². The summed E-state index contributed by atoms with van der Waals surface area (Å²) in [5.74, 6) is 0.258. The zero-order valence-electron chi connectivity index (χ0n) is 10.3. The molecule has 5 heteroatoms. The Bertz CT molecular complexity index is 447. The molecular weight excluding hydrogens is 252 g/mol. The molecule has 1 aromatic heterocycles. The minimum absolute atomic E-state index is 0.0930. The largest absolute Gasteiger partial charge is 0.478 e. The van der Waals surface area contributed by atoms with E-state index in [2.05, 4.69) is 17.2 Å². The molecule has 1 aromatic rings. The van der Waals surface area contributed by atoms with Gasteiger partial charge in [0, 0.05) is 12.2 Å². The van der Waals surface area contributed by atoms with Gasteiger partial charge in [-0.2, -0.15) is 0 Å². The number of carboxylic acid groups (broad SMARTS) is 1. The van der Waals surface area contributed by atoms with E-state index in [4.69, 9.17) is 16.7 Å². The average molecular weight is 269 g/mol. The topological polar surface area (TPSA) is 62.2 Å². The van der Waals surface area contributed by atoms with Crippen LogP contribution in [-0.2, 0) is 0 Å². The zero-order valence-corrected chi connectivity index (χ0v) is 11.1. The summed E-state index contributed by atoms with van der Waals surface area (Å²) >= 11 is 6.05. The van der Waals surface area contributed by atoms with Crippen LogP contribution in [0.25, 0.3) is 0 Å². The van der Waals surface area contributed by atoms with E-state index in [1.165, 1.54) is 25.1 Å². The number of nitrogens with zero attached hydrogens (tertiary/aromatic N) is 1. The molecule has 18 heavy (non-hydrogen) atoms. The number of rotatable bonds is 6. The van der Waals surface area contributed by atoms with Crippen molar-refractivity contribution in [2.24, 2.45) is 5.92 Å². The Morgan fingerprint density at radius 1 is 1.67 bits per heavy atom. The molecule has 0 saturated heterocycles. The number of hydrogen-bond acceptors (Lipinski definition) is 3. The summed E-state index contributed by atoms with van der Waals surface area (Å²) in [5, 5.41) is 12.4. The van der Waals surface area contributed by atoms with Crippen LogP contribution in [0.2, 0.25) is 5.02 Å². The summed E-state index contributed by atoms with van der Waals surface area (Å²) in [6.07, 6.45) is 6.15. The number of pyridine rings is 1. The Morgan fingerprint density at radius 2 is 2.39 bits per heavy atom. The SMILES string of the molecule is CCC(CC1CC1)Nc1nccc(C(=O)O)c1Cl. The molecule has 0 bridgehead atoms. The fraction of sp³-hybridized carbons (Fsp3) is 0.538. The van der Waals surface area contributed by atoms with Crippen molar-refractivity contribution >= 4 is 23.4 Å². The Hall–Kier alpha value is -1.29. The van der Waals surface area contributed by atoms with E-state index in [1.54, 1.807) is 0 Å². The zero-order chi connectivity index (χ0) is 13.1. The second-order valence-electron chi connectivity index (χ2n) is 4.75. The number of anilines is 1. The van der Waals surface area contributed by atoms with Crippen LogP contribution in [0.15, 0.2) is 12.3 Å². The molecule has 1 unspecified atom stereocenters. The van der Waals surface area contributed by atoms with Gasteiger partial charge in [0.25, 0.3) is 0 Å². The van der Waals surface area contributed by atoms with Gasteiger partial charge in [-0.25, -0.2) is 9.78 Å². The first-order valence-corrected chi connectivity index (χ1v) is 6.64. The third-order valence-electron chi connectivity index (χ3n) is 3.27. The molecule has 1 aliphatic rings. The van der Waals surface area contributed by atoms with Gasteiger partial charge in [-0.1, -0.05) is 31.4 Å². The van der Waals surface area contributed by atoms with Crippen molar-refractivity contribution in [3.63, 3.8) is 0 Å². The number of aromatic carboxylic acids is 1. The van der Waals surface area contributed by atoms with Gasteiger partial charge in [0.05, 0.1) is 10.6 Å². The number of nitrogens with one attached hydrogen (secondary N) is 1. The Labute approximate surface area is 111 Å². The van der Waals surface area contributed by atoms with Gasteiger partial charge in [0.15, 0.2) is 0 Å². The highest BCUT2D eigenvalue weighted by atomic mass is 35.5. The second-order valence-corrected chi connectivity index (χ2v) is 5.13. The molecule has 0 amide bonds. The van der Waals surface area contributed by atoms with Gasteiger partial charge in [0.1, 0.15) is 5.82 Å². The summed E-state index contributed by atoms with van der Waals surface area (Å²) in [7, 11) is 0. The summed E-state index contributed by atoms with van der Waals surface area (Å²) in [6.45, 7) is 2.11. The molecule has 2 rings (SSSR count). The van der Waals surface area contributed by atoms with E-state index >= 15 is 0 Å². The molecule has 1 saturated carbocycles. The predicted molar refractivity (Wildman–Crippen MR) is 71.2 cm³/mol. The van der Waals surface area contributed by atoms with Crippen molar-refractivity contribution in [2.45, 2.75) is 38.6 Å². The maximum Gasteiger partial charge on any atom is 0.337 e. The van der Waals surface area contributed by atoms with Crippen molar-refractivity contribution in [3.8, 4) is 0 Å². The molecule has 1 fully saturated rings. The molecule has 1 atom stereocenters. The molecule has 0 spiro atoms. The molecule has 0 radical (unpaired) electrons. The molecule has 98 valence electrons. The third-order valence-corrected chi connectivity index (χ3v) is 3.65. The van der Waals surface area contributed by atoms with Gasteiger partial charge >= 0.3 is 5.97 Å². The second kappa shape index (κ2) is 5.57. The molecular formula is C13H17ClN2O2. The number of halogens is 1. The molecule has 2 N–H and O–H groups in total. The van der Waals surface area contributed by atoms with Gasteiger partial charge in [-0.3, -0.25) is 0 Å². The Balaban J connectivity index is 2.11. The fourth-order valence-electron chi connectivity index (χ4n) is 1.99. The maximum atomic E-state index is 11.0. The number of carbonyl (C=O) groups is 1. The summed E-state index contributed by atoms with van der Waals surface area (Å²) < 4.78 is 0. The normalized spacial score (nSPS) is 16.3. The lowest BCUT2D eigenvalue weighted by Gasteiger charge is -2.18. The van der Waals surface area contributed by atoms with Crippen molar-refractivity contribution in [3.05, 3.63) is 22.8 Å². The maximum absolute atomic E-state index is 11.0. The van der Waals surface area contributed by atoms with Gasteiger partial charge in [-0.15, -0.1) is 0 Å². The lowest BCUT2D eigenvalue weighted by atomic mass is 10.1. The smallest absolute Gasteiger partial charge is 0.337 e. The molecule has 1 aliphatic carbocycles. The van der Waals surface area contributed by atoms with E-state index in [-0.39, 0.29) is 10.6 Å². The average Bonchev–Trinajstić information content (AvgIpc) is 3.14. The molecule has 1 heterocycles. The van der Waals surface area contributed by atoms with Crippen LogP contribution in [0.3, 0.4) is 0 Å². The first kappa shape index (κ1) is 13.1. The highest BCUT2D eigenvalue weighted by Gasteiger charge is 2.25. The van der Waals surface area contributed by atoms with E-state index in [0.717, 1.165) is 18.8 Å². The van der Waals surface area contributed by atoms with Gasteiger partial charge in [0.2, 0.25) is 0 Å². The molecule has 4 nitrogen and oxygen atoms in total. The Morgan fingerprint density at radius 3 is 2.94 bits per heavy atom. The molecule has 0 aromatic carbocycles. The first-order valence-electron chi connectivity index (χ1n) is 6.26. The standard InChI is InChI=1S/C13H17ClN2O2/c1-2-9(7-8-3-4-8)16-12-11(14)10(13(17)18)5-6-15-12/h5-6,8-9H,2-4,7H2,1H3,(H,15,16)(H,17,18). The van der Waals surface area contributed by atoms with Gasteiger partial charge < -0.3 is 10.4 Å². The van der Waals surface area contributed by atoms with Gasteiger partial charge in [-0.05, 0) is 24.8 Å². The van der Waals surface area contributed by atoms with Crippen LogP contribution in [-0.4, -0.2) is 22.1 Å². The van der Waals surface area contributed by atoms with E-state index in [1.807, 2.05) is 0 Å². The first-order chi connectivity index (χ1) is 8.61. The lowest BCUT2D eigenvalue weighted by molar-refractivity contribution is 0.0697. The van der Waals surface area contributed by atoms with Crippen molar-refractivity contribution in [2.75, 3.05) is 5.32 Å². The van der Waals surface area contributed by atoms with E-state index < -0.39 is 5.97 Å². The van der Waals surface area contributed by atoms with E-state index in [0.29, 0.717) is 11.9 Å².